The van der Waals surface area contributed by atoms with E-state index in [0.29, 0.717) is 12.1 Å². The molecule has 0 aliphatic heterocycles. The van der Waals surface area contributed by atoms with Crippen molar-refractivity contribution >= 4 is 0 Å². The van der Waals surface area contributed by atoms with Crippen LogP contribution in [0.1, 0.15) is 35.8 Å². The van der Waals surface area contributed by atoms with Crippen LogP contribution in [0.25, 0.3) is 0 Å². The molecular formula is C15H15F2NO. The normalized spacial score (nSPS) is 18.3. The van der Waals surface area contributed by atoms with Gasteiger partial charge in [0, 0.05) is 30.6 Å². The molecule has 1 N–H and O–H groups in total. The molecule has 1 aromatic heterocycles. The molecule has 19 heavy (non-hydrogen) atoms. The van der Waals surface area contributed by atoms with Gasteiger partial charge in [-0.15, -0.1) is 0 Å². The number of aryl methyl sites for hydroxylation is 1. The van der Waals surface area contributed by atoms with Crippen LogP contribution in [0.2, 0.25) is 0 Å². The Balaban J connectivity index is 1.70. The lowest BCUT2D eigenvalue weighted by Crippen LogP contribution is -2.24. The third-order valence-corrected chi connectivity index (χ3v) is 3.53. The van der Waals surface area contributed by atoms with Crippen LogP contribution in [0.4, 0.5) is 8.78 Å². The van der Waals surface area contributed by atoms with Gasteiger partial charge < -0.3 is 9.73 Å². The summed E-state index contributed by atoms with van der Waals surface area (Å²) in [5.74, 6) is -0.0527. The first-order chi connectivity index (χ1) is 9.22. The fourth-order valence-electron chi connectivity index (χ4n) is 2.65. The van der Waals surface area contributed by atoms with E-state index in [0.717, 1.165) is 31.1 Å². The van der Waals surface area contributed by atoms with E-state index in [2.05, 4.69) is 5.32 Å². The van der Waals surface area contributed by atoms with Crippen molar-refractivity contribution in [3.05, 3.63) is 59.1 Å². The number of rotatable bonds is 3. The van der Waals surface area contributed by atoms with Crippen LogP contribution in [-0.4, -0.2) is 0 Å². The Morgan fingerprint density at radius 2 is 2.00 bits per heavy atom. The summed E-state index contributed by atoms with van der Waals surface area (Å²) in [5.41, 5.74) is 1.79. The fourth-order valence-corrected chi connectivity index (χ4v) is 2.65. The van der Waals surface area contributed by atoms with E-state index in [4.69, 9.17) is 4.42 Å². The van der Waals surface area contributed by atoms with Crippen molar-refractivity contribution in [2.75, 3.05) is 0 Å². The van der Waals surface area contributed by atoms with E-state index in [1.807, 2.05) is 6.07 Å². The Morgan fingerprint density at radius 3 is 2.79 bits per heavy atom. The minimum Gasteiger partial charge on any atom is -0.469 e. The summed E-state index contributed by atoms with van der Waals surface area (Å²) >= 11 is 0. The lowest BCUT2D eigenvalue weighted by molar-refractivity contribution is 0.410. The molecule has 0 saturated heterocycles. The van der Waals surface area contributed by atoms with Gasteiger partial charge in [-0.05, 0) is 36.6 Å². The minimum absolute atomic E-state index is 0.203. The summed E-state index contributed by atoms with van der Waals surface area (Å²) in [6.07, 6.45) is 4.75. The first-order valence-corrected chi connectivity index (χ1v) is 6.47. The second-order valence-corrected chi connectivity index (χ2v) is 4.90. The van der Waals surface area contributed by atoms with Gasteiger partial charge in [-0.2, -0.15) is 0 Å². The summed E-state index contributed by atoms with van der Waals surface area (Å²) in [4.78, 5) is 0. The maximum absolute atomic E-state index is 13.1. The summed E-state index contributed by atoms with van der Waals surface area (Å²) < 4.78 is 31.6. The van der Waals surface area contributed by atoms with Gasteiger partial charge in [0.2, 0.25) is 0 Å². The van der Waals surface area contributed by atoms with Crippen molar-refractivity contribution in [1.82, 2.24) is 5.32 Å². The Kier molecular flexibility index (Phi) is 3.34. The Bertz CT molecular complexity index is 559. The number of benzene rings is 1. The SMILES string of the molecule is Fc1cc(F)cc(CNC2CCCc3occc32)c1. The van der Waals surface area contributed by atoms with E-state index >= 15 is 0 Å². The number of halogens is 2. The molecule has 0 spiro atoms. The number of nitrogens with one attached hydrogen (secondary N) is 1. The summed E-state index contributed by atoms with van der Waals surface area (Å²) in [7, 11) is 0. The smallest absolute Gasteiger partial charge is 0.126 e. The first-order valence-electron chi connectivity index (χ1n) is 6.47. The van der Waals surface area contributed by atoms with Gasteiger partial charge in [0.05, 0.1) is 6.26 Å². The van der Waals surface area contributed by atoms with Crippen molar-refractivity contribution in [1.29, 1.82) is 0 Å². The van der Waals surface area contributed by atoms with Crippen LogP contribution in [0.5, 0.6) is 0 Å². The van der Waals surface area contributed by atoms with Gasteiger partial charge >= 0.3 is 0 Å². The fraction of sp³-hybridized carbons (Fsp3) is 0.333. The highest BCUT2D eigenvalue weighted by Crippen LogP contribution is 2.30. The first kappa shape index (κ1) is 12.4. The quantitative estimate of drug-likeness (QED) is 0.912. The Morgan fingerprint density at radius 1 is 1.21 bits per heavy atom. The molecule has 0 radical (unpaired) electrons. The van der Waals surface area contributed by atoms with Crippen LogP contribution in [0.15, 0.2) is 34.9 Å². The molecule has 1 unspecified atom stereocenters. The van der Waals surface area contributed by atoms with E-state index in [1.165, 1.54) is 17.7 Å². The molecular weight excluding hydrogens is 248 g/mol. The van der Waals surface area contributed by atoms with Gasteiger partial charge in [0.1, 0.15) is 17.4 Å². The molecule has 100 valence electrons. The molecule has 0 bridgehead atoms. The zero-order chi connectivity index (χ0) is 13.2. The topological polar surface area (TPSA) is 25.2 Å². The average molecular weight is 263 g/mol. The van der Waals surface area contributed by atoms with Crippen LogP contribution in [-0.2, 0) is 13.0 Å². The summed E-state index contributed by atoms with van der Waals surface area (Å²) in [5, 5.41) is 3.34. The maximum atomic E-state index is 13.1. The standard InChI is InChI=1S/C15H15F2NO/c16-11-6-10(7-12(17)8-11)9-18-14-2-1-3-15-13(14)4-5-19-15/h4-8,14,18H,1-3,9H2. The molecule has 1 heterocycles. The molecule has 4 heteroatoms. The van der Waals surface area contributed by atoms with Crippen LogP contribution in [0.3, 0.4) is 0 Å². The highest BCUT2D eigenvalue weighted by Gasteiger charge is 2.21. The number of furan rings is 1. The van der Waals surface area contributed by atoms with Crippen molar-refractivity contribution in [3.8, 4) is 0 Å². The predicted molar refractivity (Wildman–Crippen MR) is 67.6 cm³/mol. The molecule has 1 aromatic carbocycles. The Hall–Kier alpha value is -1.68. The zero-order valence-electron chi connectivity index (χ0n) is 10.5. The zero-order valence-corrected chi connectivity index (χ0v) is 10.5. The van der Waals surface area contributed by atoms with Crippen molar-refractivity contribution < 1.29 is 13.2 Å². The van der Waals surface area contributed by atoms with E-state index in [9.17, 15) is 8.78 Å². The number of hydrogen-bond acceptors (Lipinski definition) is 2. The lowest BCUT2D eigenvalue weighted by atomic mass is 9.93. The number of fused-ring (bicyclic) bond motifs is 1. The van der Waals surface area contributed by atoms with Crippen molar-refractivity contribution in [2.24, 2.45) is 0 Å². The summed E-state index contributed by atoms with van der Waals surface area (Å²) in [6.45, 7) is 0.448. The van der Waals surface area contributed by atoms with Crippen molar-refractivity contribution in [2.45, 2.75) is 31.8 Å². The lowest BCUT2D eigenvalue weighted by Gasteiger charge is -2.22. The van der Waals surface area contributed by atoms with Crippen LogP contribution >= 0.6 is 0 Å². The Labute approximate surface area is 110 Å². The van der Waals surface area contributed by atoms with Crippen LogP contribution < -0.4 is 5.32 Å². The monoisotopic (exact) mass is 263 g/mol. The van der Waals surface area contributed by atoms with Crippen molar-refractivity contribution in [3.63, 3.8) is 0 Å². The summed E-state index contributed by atoms with van der Waals surface area (Å²) in [6, 6.07) is 5.77. The van der Waals surface area contributed by atoms with Gasteiger partial charge in [-0.3, -0.25) is 0 Å². The van der Waals surface area contributed by atoms with E-state index in [-0.39, 0.29) is 6.04 Å². The average Bonchev–Trinajstić information content (AvgIpc) is 2.83. The van der Waals surface area contributed by atoms with Crippen LogP contribution in [0, 0.1) is 11.6 Å². The number of hydrogen-bond donors (Lipinski definition) is 1. The highest BCUT2D eigenvalue weighted by atomic mass is 19.1. The largest absolute Gasteiger partial charge is 0.469 e. The molecule has 1 aliphatic carbocycles. The van der Waals surface area contributed by atoms with E-state index in [1.54, 1.807) is 6.26 Å². The third kappa shape index (κ3) is 2.68. The van der Waals surface area contributed by atoms with Gasteiger partial charge in [-0.25, -0.2) is 8.78 Å². The molecule has 2 aromatic rings. The van der Waals surface area contributed by atoms with Gasteiger partial charge in [0.25, 0.3) is 0 Å². The maximum Gasteiger partial charge on any atom is 0.126 e. The third-order valence-electron chi connectivity index (χ3n) is 3.53. The van der Waals surface area contributed by atoms with Gasteiger partial charge in [-0.1, -0.05) is 0 Å². The minimum atomic E-state index is -0.538. The molecule has 1 aliphatic rings. The van der Waals surface area contributed by atoms with E-state index < -0.39 is 11.6 Å². The highest BCUT2D eigenvalue weighted by molar-refractivity contribution is 5.25. The molecule has 0 saturated carbocycles. The molecule has 1 atom stereocenters. The molecule has 0 amide bonds. The predicted octanol–water partition coefficient (Wildman–Crippen LogP) is 3.73. The molecule has 3 rings (SSSR count). The second kappa shape index (κ2) is 5.13. The van der Waals surface area contributed by atoms with Gasteiger partial charge in [0.15, 0.2) is 0 Å². The molecule has 2 nitrogen and oxygen atoms in total. The molecule has 0 fully saturated rings. The second-order valence-electron chi connectivity index (χ2n) is 4.90.